The van der Waals surface area contributed by atoms with E-state index in [9.17, 15) is 12.8 Å². The Morgan fingerprint density at radius 3 is 2.40 bits per heavy atom. The highest BCUT2D eigenvalue weighted by Gasteiger charge is 2.24. The van der Waals surface area contributed by atoms with Crippen LogP contribution in [0.2, 0.25) is 0 Å². The van der Waals surface area contributed by atoms with E-state index >= 15 is 0 Å². The number of anilines is 1. The molecule has 108 valence electrons. The van der Waals surface area contributed by atoms with Gasteiger partial charge in [-0.15, -0.1) is 11.3 Å². The van der Waals surface area contributed by atoms with Crippen LogP contribution in [0.4, 0.5) is 10.1 Å². The van der Waals surface area contributed by atoms with Gasteiger partial charge < -0.3 is 5.73 Å². The van der Waals surface area contributed by atoms with Crippen LogP contribution in [-0.2, 0) is 16.6 Å². The lowest BCUT2D eigenvalue weighted by atomic mass is 10.3. The minimum Gasteiger partial charge on any atom is -0.326 e. The third-order valence-electron chi connectivity index (χ3n) is 2.99. The lowest BCUT2D eigenvalue weighted by Gasteiger charge is -2.18. The van der Waals surface area contributed by atoms with Gasteiger partial charge in [-0.3, -0.25) is 4.31 Å². The molecule has 0 amide bonds. The summed E-state index contributed by atoms with van der Waals surface area (Å²) in [6.45, 7) is 2.14. The van der Waals surface area contributed by atoms with Gasteiger partial charge >= 0.3 is 0 Å². The average Bonchev–Trinajstić information content (AvgIpc) is 2.80. The zero-order chi connectivity index (χ0) is 14.9. The highest BCUT2D eigenvalue weighted by Crippen LogP contribution is 2.30. The molecular formula is C13H15FN2O2S2. The van der Waals surface area contributed by atoms with Crippen molar-refractivity contribution in [3.8, 4) is 0 Å². The summed E-state index contributed by atoms with van der Waals surface area (Å²) in [6, 6.07) is 6.93. The fraction of sp³-hybridized carbons (Fsp3) is 0.231. The third-order valence-corrected chi connectivity index (χ3v) is 6.48. The first kappa shape index (κ1) is 15.0. The van der Waals surface area contributed by atoms with Crippen LogP contribution in [0.15, 0.2) is 34.5 Å². The molecule has 0 radical (unpaired) electrons. The van der Waals surface area contributed by atoms with Crippen LogP contribution in [0.3, 0.4) is 0 Å². The largest absolute Gasteiger partial charge is 0.326 e. The Kier molecular flexibility index (Phi) is 4.12. The Labute approximate surface area is 121 Å². The normalized spacial score (nSPS) is 11.6. The molecule has 1 heterocycles. The zero-order valence-electron chi connectivity index (χ0n) is 11.1. The molecule has 0 aliphatic carbocycles. The average molecular weight is 314 g/mol. The SMILES string of the molecule is Cc1cc(S(=O)(=O)N(C)c2ccc(F)cc2)sc1CN. The Balaban J connectivity index is 2.40. The van der Waals surface area contributed by atoms with Crippen molar-refractivity contribution in [1.82, 2.24) is 0 Å². The molecule has 0 fully saturated rings. The van der Waals surface area contributed by atoms with Gasteiger partial charge in [0.15, 0.2) is 0 Å². The number of sulfonamides is 1. The van der Waals surface area contributed by atoms with E-state index in [1.54, 1.807) is 6.07 Å². The molecule has 0 unspecified atom stereocenters. The number of nitrogens with two attached hydrogens (primary N) is 1. The van der Waals surface area contributed by atoms with Crippen LogP contribution < -0.4 is 10.0 Å². The minimum absolute atomic E-state index is 0.238. The monoisotopic (exact) mass is 314 g/mol. The van der Waals surface area contributed by atoms with Crippen molar-refractivity contribution < 1.29 is 12.8 Å². The van der Waals surface area contributed by atoms with Crippen LogP contribution in [0.1, 0.15) is 10.4 Å². The Morgan fingerprint density at radius 2 is 1.90 bits per heavy atom. The third kappa shape index (κ3) is 2.70. The maximum Gasteiger partial charge on any atom is 0.273 e. The lowest BCUT2D eigenvalue weighted by Crippen LogP contribution is -2.25. The predicted molar refractivity (Wildman–Crippen MR) is 78.9 cm³/mol. The van der Waals surface area contributed by atoms with Crippen molar-refractivity contribution in [2.24, 2.45) is 5.73 Å². The number of benzene rings is 1. The smallest absolute Gasteiger partial charge is 0.273 e. The van der Waals surface area contributed by atoms with Crippen molar-refractivity contribution in [1.29, 1.82) is 0 Å². The first-order chi connectivity index (χ1) is 9.36. The van der Waals surface area contributed by atoms with Gasteiger partial charge in [-0.25, -0.2) is 12.8 Å². The summed E-state index contributed by atoms with van der Waals surface area (Å²) in [4.78, 5) is 0.844. The number of nitrogens with zero attached hydrogens (tertiary/aromatic N) is 1. The first-order valence-corrected chi connectivity index (χ1v) is 8.16. The molecule has 0 saturated carbocycles. The Bertz CT molecular complexity index is 708. The van der Waals surface area contributed by atoms with Crippen LogP contribution in [0, 0.1) is 12.7 Å². The van der Waals surface area contributed by atoms with Crippen molar-refractivity contribution in [3.05, 3.63) is 46.6 Å². The van der Waals surface area contributed by atoms with Gasteiger partial charge in [0.2, 0.25) is 0 Å². The van der Waals surface area contributed by atoms with Gasteiger partial charge in [0.25, 0.3) is 10.0 Å². The van der Waals surface area contributed by atoms with E-state index in [2.05, 4.69) is 0 Å². The number of thiophene rings is 1. The summed E-state index contributed by atoms with van der Waals surface area (Å²) < 4.78 is 39.3. The van der Waals surface area contributed by atoms with Gasteiger partial charge in [-0.1, -0.05) is 0 Å². The maximum atomic E-state index is 12.9. The molecule has 20 heavy (non-hydrogen) atoms. The number of rotatable bonds is 4. The molecule has 7 heteroatoms. The quantitative estimate of drug-likeness (QED) is 0.943. The van der Waals surface area contributed by atoms with Gasteiger partial charge in [-0.2, -0.15) is 0 Å². The standard InChI is InChI=1S/C13H15FN2O2S2/c1-9-7-13(19-12(9)8-15)20(17,18)16(2)11-5-3-10(14)4-6-11/h3-7H,8,15H2,1-2H3. The second-order valence-electron chi connectivity index (χ2n) is 4.32. The van der Waals surface area contributed by atoms with Gasteiger partial charge in [0, 0.05) is 18.5 Å². The summed E-state index contributed by atoms with van der Waals surface area (Å²) in [6.07, 6.45) is 0. The van der Waals surface area contributed by atoms with E-state index in [0.717, 1.165) is 26.1 Å². The summed E-state index contributed by atoms with van der Waals surface area (Å²) in [5.41, 5.74) is 6.84. The predicted octanol–water partition coefficient (Wildman–Crippen LogP) is 2.48. The van der Waals surface area contributed by atoms with E-state index in [1.165, 1.54) is 31.3 Å². The van der Waals surface area contributed by atoms with Crippen molar-refractivity contribution in [3.63, 3.8) is 0 Å². The first-order valence-electron chi connectivity index (χ1n) is 5.90. The van der Waals surface area contributed by atoms with E-state index in [0.29, 0.717) is 12.2 Å². The highest BCUT2D eigenvalue weighted by molar-refractivity contribution is 7.94. The molecule has 0 spiro atoms. The summed E-state index contributed by atoms with van der Waals surface area (Å²) in [7, 11) is -2.20. The van der Waals surface area contributed by atoms with Crippen molar-refractivity contribution in [2.75, 3.05) is 11.4 Å². The van der Waals surface area contributed by atoms with Crippen LogP contribution >= 0.6 is 11.3 Å². The highest BCUT2D eigenvalue weighted by atomic mass is 32.2. The minimum atomic E-state index is -3.64. The molecule has 1 aromatic carbocycles. The van der Waals surface area contributed by atoms with Gasteiger partial charge in [0.05, 0.1) is 5.69 Å². The van der Waals surface area contributed by atoms with Crippen molar-refractivity contribution in [2.45, 2.75) is 17.7 Å². The zero-order valence-corrected chi connectivity index (χ0v) is 12.8. The Morgan fingerprint density at radius 1 is 1.30 bits per heavy atom. The summed E-state index contributed by atoms with van der Waals surface area (Å²) in [5, 5.41) is 0. The number of hydrogen-bond acceptors (Lipinski definition) is 4. The molecule has 2 rings (SSSR count). The molecule has 0 aliphatic heterocycles. The fourth-order valence-corrected chi connectivity index (χ4v) is 4.58. The topological polar surface area (TPSA) is 63.4 Å². The van der Waals surface area contributed by atoms with Crippen LogP contribution in [0.5, 0.6) is 0 Å². The van der Waals surface area contributed by atoms with E-state index < -0.39 is 15.8 Å². The molecule has 0 bridgehead atoms. The molecule has 2 aromatic rings. The molecular weight excluding hydrogens is 299 g/mol. The molecule has 0 aliphatic rings. The van der Waals surface area contributed by atoms with Crippen molar-refractivity contribution >= 4 is 27.0 Å². The molecule has 4 nitrogen and oxygen atoms in total. The van der Waals surface area contributed by atoms with Crippen LogP contribution in [0.25, 0.3) is 0 Å². The maximum absolute atomic E-state index is 12.9. The van der Waals surface area contributed by atoms with E-state index in [1.807, 2.05) is 6.92 Å². The van der Waals surface area contributed by atoms with Gasteiger partial charge in [0.1, 0.15) is 10.0 Å². The number of hydrogen-bond donors (Lipinski definition) is 1. The fourth-order valence-electron chi connectivity index (χ4n) is 1.74. The molecule has 1 aromatic heterocycles. The Hall–Kier alpha value is -1.44. The second kappa shape index (κ2) is 5.51. The number of halogens is 1. The summed E-state index contributed by atoms with van der Waals surface area (Å²) in [5.74, 6) is -0.406. The second-order valence-corrected chi connectivity index (χ2v) is 7.66. The van der Waals surface area contributed by atoms with E-state index in [4.69, 9.17) is 5.73 Å². The molecule has 0 atom stereocenters. The lowest BCUT2D eigenvalue weighted by molar-refractivity contribution is 0.596. The number of aryl methyl sites for hydroxylation is 1. The van der Waals surface area contributed by atoms with Crippen LogP contribution in [-0.4, -0.2) is 15.5 Å². The molecule has 0 saturated heterocycles. The van der Waals surface area contributed by atoms with Gasteiger partial charge in [-0.05, 0) is 42.8 Å². The molecule has 2 N–H and O–H groups in total. The van der Waals surface area contributed by atoms with E-state index in [-0.39, 0.29) is 4.21 Å². The summed E-state index contributed by atoms with van der Waals surface area (Å²) >= 11 is 1.16.